The van der Waals surface area contributed by atoms with Crippen molar-refractivity contribution in [3.05, 3.63) is 40.9 Å². The summed E-state index contributed by atoms with van der Waals surface area (Å²) in [6.45, 7) is 5.51. The van der Waals surface area contributed by atoms with Crippen molar-refractivity contribution in [2.24, 2.45) is 10.9 Å². The maximum atomic E-state index is 12.3. The lowest BCUT2D eigenvalue weighted by Gasteiger charge is -2.29. The lowest BCUT2D eigenvalue weighted by molar-refractivity contribution is -0.123. The second-order valence-corrected chi connectivity index (χ2v) is 5.36. The van der Waals surface area contributed by atoms with Gasteiger partial charge in [-0.2, -0.15) is 0 Å². The van der Waals surface area contributed by atoms with E-state index in [4.69, 9.17) is 5.84 Å². The van der Waals surface area contributed by atoms with Gasteiger partial charge in [-0.25, -0.2) is 4.79 Å². The van der Waals surface area contributed by atoms with Gasteiger partial charge in [-0.1, -0.05) is 18.2 Å². The largest absolute Gasteiger partial charge is 0.327 e. The average Bonchev–Trinajstić information content (AvgIpc) is 2.64. The van der Waals surface area contributed by atoms with Crippen LogP contribution in [0.3, 0.4) is 0 Å². The first-order chi connectivity index (χ1) is 8.55. The summed E-state index contributed by atoms with van der Waals surface area (Å²) in [7, 11) is 0. The fraction of sp³-hybridized carbons (Fsp3) is 0.231. The van der Waals surface area contributed by atoms with Crippen LogP contribution < -0.4 is 10.3 Å². The molecule has 18 heavy (non-hydrogen) atoms. The topological polar surface area (TPSA) is 55.5 Å². The van der Waals surface area contributed by atoms with Crippen molar-refractivity contribution >= 4 is 28.5 Å². The molecule has 1 atom stereocenters. The van der Waals surface area contributed by atoms with Gasteiger partial charge in [-0.05, 0) is 18.7 Å². The van der Waals surface area contributed by atoms with E-state index < -0.39 is 0 Å². The summed E-state index contributed by atoms with van der Waals surface area (Å²) >= 11 is 1.46. The molecule has 1 heterocycles. The van der Waals surface area contributed by atoms with Crippen LogP contribution in [0.5, 0.6) is 0 Å². The standard InChI is InChI=1S/C13H16N3OS/c1-9-10(2)18-13(15-14)16(9,11(3)17)12-7-5-4-6-8-12/h4-8H,14H2,1-3H3/q+1. The molecule has 0 radical (unpaired) electrons. The highest BCUT2D eigenvalue weighted by atomic mass is 32.2. The Morgan fingerprint density at radius 2 is 1.89 bits per heavy atom. The monoisotopic (exact) mass is 262 g/mol. The second-order valence-electron chi connectivity index (χ2n) is 4.18. The van der Waals surface area contributed by atoms with Crippen LogP contribution in [0, 0.1) is 0 Å². The number of nitrogens with zero attached hydrogens (tertiary/aromatic N) is 2. The third kappa shape index (κ3) is 1.59. The Balaban J connectivity index is 2.76. The molecule has 2 rings (SSSR count). The average molecular weight is 262 g/mol. The van der Waals surface area contributed by atoms with Gasteiger partial charge in [-0.3, -0.25) is 0 Å². The van der Waals surface area contributed by atoms with Crippen LogP contribution in [0.1, 0.15) is 20.8 Å². The van der Waals surface area contributed by atoms with Crippen LogP contribution in [-0.2, 0) is 4.79 Å². The number of carbonyl (C=O) groups is 1. The van der Waals surface area contributed by atoms with Gasteiger partial charge >= 0.3 is 11.1 Å². The third-order valence-corrected chi connectivity index (χ3v) is 4.43. The van der Waals surface area contributed by atoms with Crippen molar-refractivity contribution in [1.29, 1.82) is 0 Å². The Hall–Kier alpha value is -1.59. The summed E-state index contributed by atoms with van der Waals surface area (Å²) in [6, 6.07) is 9.61. The fourth-order valence-electron chi connectivity index (χ4n) is 2.28. The Labute approximate surface area is 111 Å². The number of amidine groups is 1. The molecule has 4 nitrogen and oxygen atoms in total. The van der Waals surface area contributed by atoms with E-state index in [1.54, 1.807) is 6.92 Å². The predicted octanol–water partition coefficient (Wildman–Crippen LogP) is 2.77. The number of nitrogens with two attached hydrogens (primary N) is 1. The molecule has 5 heteroatoms. The number of para-hydroxylation sites is 1. The van der Waals surface area contributed by atoms with Crippen molar-refractivity contribution in [2.45, 2.75) is 20.8 Å². The molecule has 0 saturated heterocycles. The number of carbonyl (C=O) groups excluding carboxylic acids is 1. The molecule has 0 bridgehead atoms. The number of allylic oxidation sites excluding steroid dienone is 2. The Kier molecular flexibility index (Phi) is 3.28. The number of hydrogen-bond acceptors (Lipinski definition) is 4. The van der Waals surface area contributed by atoms with Gasteiger partial charge in [0.25, 0.3) is 0 Å². The predicted molar refractivity (Wildman–Crippen MR) is 76.5 cm³/mol. The van der Waals surface area contributed by atoms with Crippen LogP contribution in [0.15, 0.2) is 46.0 Å². The molecule has 1 amide bonds. The van der Waals surface area contributed by atoms with Crippen LogP contribution in [0.25, 0.3) is 0 Å². The highest BCUT2D eigenvalue weighted by Crippen LogP contribution is 2.44. The van der Waals surface area contributed by atoms with Gasteiger partial charge in [0.15, 0.2) is 5.69 Å². The summed E-state index contributed by atoms with van der Waals surface area (Å²) in [5.74, 6) is 5.47. The Bertz CT molecular complexity index is 551. The van der Waals surface area contributed by atoms with Crippen LogP contribution in [0.2, 0.25) is 0 Å². The number of quaternary nitrogens is 1. The first kappa shape index (κ1) is 12.9. The van der Waals surface area contributed by atoms with Gasteiger partial charge < -0.3 is 5.84 Å². The molecule has 1 aromatic rings. The highest BCUT2D eigenvalue weighted by molar-refractivity contribution is 8.17. The molecule has 1 aliphatic heterocycles. The van der Waals surface area contributed by atoms with Crippen LogP contribution >= 0.6 is 11.8 Å². The normalized spacial score (nSPS) is 25.8. The molecule has 0 aromatic heterocycles. The molecule has 0 saturated carbocycles. The fourth-order valence-corrected chi connectivity index (χ4v) is 3.40. The third-order valence-electron chi connectivity index (χ3n) is 3.27. The van der Waals surface area contributed by atoms with Crippen LogP contribution in [0.4, 0.5) is 5.69 Å². The van der Waals surface area contributed by atoms with Crippen molar-refractivity contribution in [3.63, 3.8) is 0 Å². The molecule has 0 spiro atoms. The number of thioether (sulfide) groups is 1. The molecular formula is C13H16N3OS+. The van der Waals surface area contributed by atoms with Gasteiger partial charge in [0.1, 0.15) is 5.70 Å². The minimum Gasteiger partial charge on any atom is -0.317 e. The summed E-state index contributed by atoms with van der Waals surface area (Å²) in [5.41, 5.74) is 1.83. The molecule has 94 valence electrons. The SMILES string of the molecule is CC(=O)[N+]1(c2ccccc2)C(=NN)SC(C)=C1C. The maximum Gasteiger partial charge on any atom is 0.327 e. The number of amides is 1. The van der Waals surface area contributed by atoms with E-state index >= 15 is 0 Å². The minimum atomic E-state index is -0.00718. The smallest absolute Gasteiger partial charge is 0.317 e. The molecule has 0 aliphatic carbocycles. The lowest BCUT2D eigenvalue weighted by Crippen LogP contribution is -2.53. The summed E-state index contributed by atoms with van der Waals surface area (Å²) in [6.07, 6.45) is 0. The number of hydrogen-bond donors (Lipinski definition) is 1. The molecular weight excluding hydrogens is 246 g/mol. The van der Waals surface area contributed by atoms with Crippen molar-refractivity contribution in [1.82, 2.24) is 4.48 Å². The molecule has 0 fully saturated rings. The van der Waals surface area contributed by atoms with E-state index in [1.807, 2.05) is 44.2 Å². The van der Waals surface area contributed by atoms with E-state index in [1.165, 1.54) is 11.8 Å². The van der Waals surface area contributed by atoms with Gasteiger partial charge in [-0.15, -0.1) is 9.58 Å². The second kappa shape index (κ2) is 4.59. The maximum absolute atomic E-state index is 12.3. The molecule has 1 unspecified atom stereocenters. The summed E-state index contributed by atoms with van der Waals surface area (Å²) in [4.78, 5) is 13.3. The van der Waals surface area contributed by atoms with Gasteiger partial charge in [0.05, 0.1) is 11.8 Å². The van der Waals surface area contributed by atoms with E-state index in [-0.39, 0.29) is 10.4 Å². The molecule has 1 aliphatic rings. The first-order valence-electron chi connectivity index (χ1n) is 5.65. The van der Waals surface area contributed by atoms with Crippen LogP contribution in [-0.4, -0.2) is 11.1 Å². The zero-order chi connectivity index (χ0) is 13.3. The minimum absolute atomic E-state index is 0.00718. The molecule has 2 N–H and O–H groups in total. The first-order valence-corrected chi connectivity index (χ1v) is 6.47. The van der Waals surface area contributed by atoms with Crippen molar-refractivity contribution in [2.75, 3.05) is 0 Å². The quantitative estimate of drug-likeness (QED) is 0.481. The van der Waals surface area contributed by atoms with Crippen molar-refractivity contribution < 1.29 is 4.79 Å². The number of hydrazone groups is 1. The van der Waals surface area contributed by atoms with E-state index in [2.05, 4.69) is 5.10 Å². The van der Waals surface area contributed by atoms with E-state index in [0.29, 0.717) is 5.17 Å². The summed E-state index contributed by atoms with van der Waals surface area (Å²) < 4.78 is 0.00778. The van der Waals surface area contributed by atoms with E-state index in [0.717, 1.165) is 16.3 Å². The summed E-state index contributed by atoms with van der Waals surface area (Å²) in [5, 5.41) is 4.43. The Morgan fingerprint density at radius 1 is 1.28 bits per heavy atom. The van der Waals surface area contributed by atoms with Gasteiger partial charge in [0.2, 0.25) is 0 Å². The van der Waals surface area contributed by atoms with E-state index in [9.17, 15) is 4.79 Å². The van der Waals surface area contributed by atoms with Crippen molar-refractivity contribution in [3.8, 4) is 0 Å². The lowest BCUT2D eigenvalue weighted by atomic mass is 10.2. The van der Waals surface area contributed by atoms with Gasteiger partial charge in [0, 0.05) is 19.1 Å². The zero-order valence-electron chi connectivity index (χ0n) is 10.7. The number of rotatable bonds is 1. The Morgan fingerprint density at radius 3 is 2.39 bits per heavy atom. The zero-order valence-corrected chi connectivity index (χ0v) is 11.5. The number of benzene rings is 1. The molecule has 1 aromatic carbocycles. The highest BCUT2D eigenvalue weighted by Gasteiger charge is 2.51.